The third kappa shape index (κ3) is 10.0. The van der Waals surface area contributed by atoms with Crippen molar-refractivity contribution in [1.82, 2.24) is 5.32 Å². The van der Waals surface area contributed by atoms with Crippen molar-refractivity contribution in [2.24, 2.45) is 0 Å². The van der Waals surface area contributed by atoms with Crippen LogP contribution in [0.3, 0.4) is 0 Å². The van der Waals surface area contributed by atoms with Gasteiger partial charge in [0.15, 0.2) is 0 Å². The average molecular weight is 289 g/mol. The van der Waals surface area contributed by atoms with Gasteiger partial charge in [0.1, 0.15) is 5.60 Å². The standard InChI is InChI=1S/C15H31NO4/c1-5-6-7-8-9-10-13(18)12(11-17)16-14(19)20-15(2,3)4/h12-13,17-18H,5-11H2,1-4H3,(H,16,19)/t12-,13+/m0/s1. The molecule has 0 aliphatic heterocycles. The second-order valence-corrected chi connectivity index (χ2v) is 6.21. The molecule has 0 aliphatic carbocycles. The molecule has 0 bridgehead atoms. The fourth-order valence-corrected chi connectivity index (χ4v) is 1.88. The maximum absolute atomic E-state index is 11.6. The van der Waals surface area contributed by atoms with Crippen molar-refractivity contribution < 1.29 is 19.7 Å². The summed E-state index contributed by atoms with van der Waals surface area (Å²) in [5.41, 5.74) is -0.588. The molecule has 0 saturated carbocycles. The van der Waals surface area contributed by atoms with Crippen LogP contribution in [-0.2, 0) is 4.74 Å². The average Bonchev–Trinajstić information content (AvgIpc) is 2.33. The Morgan fingerprint density at radius 2 is 1.80 bits per heavy atom. The lowest BCUT2D eigenvalue weighted by atomic mass is 10.0. The Kier molecular flexibility index (Phi) is 9.59. The highest BCUT2D eigenvalue weighted by Gasteiger charge is 2.23. The van der Waals surface area contributed by atoms with Crippen LogP contribution in [0.4, 0.5) is 4.79 Å². The first kappa shape index (κ1) is 19.2. The molecular weight excluding hydrogens is 258 g/mol. The summed E-state index contributed by atoms with van der Waals surface area (Å²) in [5, 5.41) is 21.8. The van der Waals surface area contributed by atoms with Crippen molar-refractivity contribution in [3.8, 4) is 0 Å². The Morgan fingerprint density at radius 1 is 1.20 bits per heavy atom. The summed E-state index contributed by atoms with van der Waals surface area (Å²) in [6, 6.07) is -0.670. The predicted molar refractivity (Wildman–Crippen MR) is 79.6 cm³/mol. The quantitative estimate of drug-likeness (QED) is 0.570. The fourth-order valence-electron chi connectivity index (χ4n) is 1.88. The van der Waals surface area contributed by atoms with Crippen molar-refractivity contribution in [2.75, 3.05) is 6.61 Å². The molecule has 0 heterocycles. The second kappa shape index (κ2) is 10.00. The molecule has 0 saturated heterocycles. The Morgan fingerprint density at radius 3 is 2.30 bits per heavy atom. The van der Waals surface area contributed by atoms with Gasteiger partial charge in [0.25, 0.3) is 0 Å². The van der Waals surface area contributed by atoms with E-state index in [0.717, 1.165) is 19.3 Å². The molecule has 120 valence electrons. The van der Waals surface area contributed by atoms with Crippen LogP contribution in [0.1, 0.15) is 66.2 Å². The molecule has 5 nitrogen and oxygen atoms in total. The first-order valence-corrected chi connectivity index (χ1v) is 7.58. The van der Waals surface area contributed by atoms with E-state index in [1.807, 2.05) is 0 Å². The van der Waals surface area contributed by atoms with Crippen molar-refractivity contribution in [3.05, 3.63) is 0 Å². The van der Waals surface area contributed by atoms with Crippen LogP contribution in [0.2, 0.25) is 0 Å². The monoisotopic (exact) mass is 289 g/mol. The highest BCUT2D eigenvalue weighted by molar-refractivity contribution is 5.68. The zero-order chi connectivity index (χ0) is 15.6. The molecule has 0 aliphatic rings. The molecular formula is C15H31NO4. The first-order chi connectivity index (χ1) is 9.30. The number of ether oxygens (including phenoxy) is 1. The van der Waals surface area contributed by atoms with E-state index in [1.165, 1.54) is 12.8 Å². The van der Waals surface area contributed by atoms with Crippen molar-refractivity contribution in [2.45, 2.75) is 84.0 Å². The molecule has 0 spiro atoms. The molecule has 2 atom stereocenters. The highest BCUT2D eigenvalue weighted by Crippen LogP contribution is 2.11. The second-order valence-electron chi connectivity index (χ2n) is 6.21. The summed E-state index contributed by atoms with van der Waals surface area (Å²) < 4.78 is 5.11. The van der Waals surface area contributed by atoms with Gasteiger partial charge in [-0.2, -0.15) is 0 Å². The number of carbonyl (C=O) groups is 1. The number of nitrogens with one attached hydrogen (secondary N) is 1. The number of alkyl carbamates (subject to hydrolysis) is 1. The van der Waals surface area contributed by atoms with Gasteiger partial charge in [-0.25, -0.2) is 4.79 Å². The molecule has 0 fully saturated rings. The largest absolute Gasteiger partial charge is 0.444 e. The van der Waals surface area contributed by atoms with Crippen molar-refractivity contribution in [1.29, 1.82) is 0 Å². The van der Waals surface area contributed by atoms with Crippen molar-refractivity contribution in [3.63, 3.8) is 0 Å². The number of hydrogen-bond donors (Lipinski definition) is 3. The summed E-state index contributed by atoms with van der Waals surface area (Å²) in [6.07, 6.45) is 4.73. The number of aliphatic hydroxyl groups excluding tert-OH is 2. The summed E-state index contributed by atoms with van der Waals surface area (Å²) in [5.74, 6) is 0. The fraction of sp³-hybridized carbons (Fsp3) is 0.933. The summed E-state index contributed by atoms with van der Waals surface area (Å²) >= 11 is 0. The first-order valence-electron chi connectivity index (χ1n) is 7.58. The van der Waals surface area contributed by atoms with E-state index in [0.29, 0.717) is 6.42 Å². The Hall–Kier alpha value is -0.810. The number of hydrogen-bond acceptors (Lipinski definition) is 4. The SMILES string of the molecule is CCCCCCC[C@@H](O)[C@H](CO)NC(=O)OC(C)(C)C. The summed E-state index contributed by atoms with van der Waals surface area (Å²) in [4.78, 5) is 11.6. The lowest BCUT2D eigenvalue weighted by Gasteiger charge is -2.25. The zero-order valence-electron chi connectivity index (χ0n) is 13.3. The minimum atomic E-state index is -0.742. The predicted octanol–water partition coefficient (Wildman–Crippen LogP) is 2.59. The number of rotatable bonds is 9. The summed E-state index contributed by atoms with van der Waals surface area (Å²) in [6.45, 7) is 7.16. The van der Waals surface area contributed by atoms with E-state index < -0.39 is 23.8 Å². The van der Waals surface area contributed by atoms with Crippen LogP contribution in [0, 0.1) is 0 Å². The van der Waals surface area contributed by atoms with Gasteiger partial charge < -0.3 is 20.3 Å². The van der Waals surface area contributed by atoms with E-state index in [1.54, 1.807) is 20.8 Å². The third-order valence-electron chi connectivity index (χ3n) is 2.97. The van der Waals surface area contributed by atoms with E-state index in [2.05, 4.69) is 12.2 Å². The maximum atomic E-state index is 11.6. The Labute approximate surface area is 122 Å². The maximum Gasteiger partial charge on any atom is 0.408 e. The molecule has 0 aromatic heterocycles. The van der Waals surface area contributed by atoms with Gasteiger partial charge in [-0.05, 0) is 27.2 Å². The zero-order valence-corrected chi connectivity index (χ0v) is 13.3. The molecule has 5 heteroatoms. The van der Waals surface area contributed by atoms with Gasteiger partial charge in [0, 0.05) is 0 Å². The topological polar surface area (TPSA) is 78.8 Å². The van der Waals surface area contributed by atoms with Crippen LogP contribution in [0.5, 0.6) is 0 Å². The van der Waals surface area contributed by atoms with E-state index in [-0.39, 0.29) is 6.61 Å². The van der Waals surface area contributed by atoms with Crippen molar-refractivity contribution >= 4 is 6.09 Å². The number of aliphatic hydroxyl groups is 2. The van der Waals surface area contributed by atoms with Gasteiger partial charge in [-0.3, -0.25) is 0 Å². The van der Waals surface area contributed by atoms with Crippen LogP contribution in [0.25, 0.3) is 0 Å². The number of carbonyl (C=O) groups excluding carboxylic acids is 1. The van der Waals surface area contributed by atoms with Gasteiger partial charge >= 0.3 is 6.09 Å². The van der Waals surface area contributed by atoms with E-state index >= 15 is 0 Å². The molecule has 3 N–H and O–H groups in total. The minimum absolute atomic E-state index is 0.296. The van der Waals surface area contributed by atoms with E-state index in [4.69, 9.17) is 4.74 Å². The third-order valence-corrected chi connectivity index (χ3v) is 2.97. The molecule has 0 aromatic carbocycles. The normalized spacial score (nSPS) is 14.7. The van der Waals surface area contributed by atoms with Gasteiger partial charge in [-0.15, -0.1) is 0 Å². The highest BCUT2D eigenvalue weighted by atomic mass is 16.6. The number of unbranched alkanes of at least 4 members (excludes halogenated alkanes) is 4. The van der Waals surface area contributed by atoms with Gasteiger partial charge in [0.05, 0.1) is 18.8 Å². The lowest BCUT2D eigenvalue weighted by molar-refractivity contribution is 0.0333. The molecule has 20 heavy (non-hydrogen) atoms. The van der Waals surface area contributed by atoms with Crippen LogP contribution in [-0.4, -0.2) is 40.7 Å². The van der Waals surface area contributed by atoms with Crippen LogP contribution in [0.15, 0.2) is 0 Å². The van der Waals surface area contributed by atoms with E-state index in [9.17, 15) is 15.0 Å². The molecule has 0 unspecified atom stereocenters. The minimum Gasteiger partial charge on any atom is -0.444 e. The van der Waals surface area contributed by atoms with Crippen LogP contribution < -0.4 is 5.32 Å². The lowest BCUT2D eigenvalue weighted by Crippen LogP contribution is -2.47. The Balaban J connectivity index is 4.01. The molecule has 1 amide bonds. The molecule has 0 aromatic rings. The number of amides is 1. The molecule has 0 radical (unpaired) electrons. The molecule has 0 rings (SSSR count). The smallest absolute Gasteiger partial charge is 0.408 e. The van der Waals surface area contributed by atoms with Gasteiger partial charge in [-0.1, -0.05) is 39.0 Å². The van der Waals surface area contributed by atoms with Crippen LogP contribution >= 0.6 is 0 Å². The van der Waals surface area contributed by atoms with Gasteiger partial charge in [0.2, 0.25) is 0 Å². The summed E-state index contributed by atoms with van der Waals surface area (Å²) in [7, 11) is 0. The Bertz CT molecular complexity index is 263.